The van der Waals surface area contributed by atoms with E-state index in [1.807, 2.05) is 32.0 Å². The van der Waals surface area contributed by atoms with Crippen LogP contribution in [0.3, 0.4) is 0 Å². The molecule has 0 saturated heterocycles. The Morgan fingerprint density at radius 1 is 1.57 bits per heavy atom. The van der Waals surface area contributed by atoms with Crippen molar-refractivity contribution in [3.8, 4) is 6.07 Å². The predicted molar refractivity (Wildman–Crippen MR) is 59.5 cm³/mol. The highest BCUT2D eigenvalue weighted by molar-refractivity contribution is 6.31. The van der Waals surface area contributed by atoms with Crippen LogP contribution in [0.2, 0.25) is 5.02 Å². The van der Waals surface area contributed by atoms with Gasteiger partial charge in [0.15, 0.2) is 0 Å². The molecule has 0 heterocycles. The van der Waals surface area contributed by atoms with E-state index in [1.165, 1.54) is 0 Å². The van der Waals surface area contributed by atoms with Gasteiger partial charge in [0.25, 0.3) is 0 Å². The molecule has 14 heavy (non-hydrogen) atoms. The number of aryl methyl sites for hydroxylation is 1. The van der Waals surface area contributed by atoms with Gasteiger partial charge in [0, 0.05) is 17.3 Å². The van der Waals surface area contributed by atoms with Gasteiger partial charge in [0.2, 0.25) is 0 Å². The molecule has 0 fully saturated rings. The highest BCUT2D eigenvalue weighted by atomic mass is 35.5. The van der Waals surface area contributed by atoms with E-state index in [2.05, 4.69) is 11.4 Å². The molecule has 1 atom stereocenters. The van der Waals surface area contributed by atoms with Gasteiger partial charge in [-0.1, -0.05) is 17.7 Å². The predicted octanol–water partition coefficient (Wildman–Crippen LogP) is 3.22. The molecule has 0 aliphatic rings. The van der Waals surface area contributed by atoms with Gasteiger partial charge in [-0.2, -0.15) is 5.26 Å². The van der Waals surface area contributed by atoms with E-state index >= 15 is 0 Å². The minimum Gasteiger partial charge on any atom is -0.384 e. The summed E-state index contributed by atoms with van der Waals surface area (Å²) in [7, 11) is 0. The van der Waals surface area contributed by atoms with E-state index < -0.39 is 0 Å². The Hall–Kier alpha value is -1.20. The van der Waals surface area contributed by atoms with E-state index in [0.29, 0.717) is 6.54 Å². The van der Waals surface area contributed by atoms with Crippen molar-refractivity contribution in [3.63, 3.8) is 0 Å². The van der Waals surface area contributed by atoms with Gasteiger partial charge in [-0.05, 0) is 31.5 Å². The summed E-state index contributed by atoms with van der Waals surface area (Å²) < 4.78 is 0. The van der Waals surface area contributed by atoms with Gasteiger partial charge in [0.1, 0.15) is 0 Å². The number of nitrogens with zero attached hydrogens (tertiary/aromatic N) is 1. The Kier molecular flexibility index (Phi) is 3.79. The normalized spacial score (nSPS) is 11.9. The Bertz CT molecular complexity index is 355. The summed E-state index contributed by atoms with van der Waals surface area (Å²) in [5, 5.41) is 12.5. The fourth-order valence-corrected chi connectivity index (χ4v) is 1.20. The molecule has 0 spiro atoms. The van der Waals surface area contributed by atoms with Gasteiger partial charge in [0.05, 0.1) is 12.0 Å². The molecule has 1 N–H and O–H groups in total. The molecule has 1 aromatic carbocycles. The number of halogens is 1. The lowest BCUT2D eigenvalue weighted by atomic mass is 10.2. The highest BCUT2D eigenvalue weighted by Gasteiger charge is 2.00. The van der Waals surface area contributed by atoms with E-state index in [-0.39, 0.29) is 5.92 Å². The monoisotopic (exact) mass is 208 g/mol. The van der Waals surface area contributed by atoms with Gasteiger partial charge in [-0.3, -0.25) is 0 Å². The van der Waals surface area contributed by atoms with Crippen molar-refractivity contribution in [2.45, 2.75) is 13.8 Å². The van der Waals surface area contributed by atoms with Gasteiger partial charge in [-0.25, -0.2) is 0 Å². The van der Waals surface area contributed by atoms with Crippen molar-refractivity contribution < 1.29 is 0 Å². The third-order valence-electron chi connectivity index (χ3n) is 2.00. The fourth-order valence-electron chi connectivity index (χ4n) is 1.02. The molecule has 1 aromatic rings. The first-order valence-corrected chi connectivity index (χ1v) is 4.91. The van der Waals surface area contributed by atoms with Crippen molar-refractivity contribution in [2.75, 3.05) is 11.9 Å². The van der Waals surface area contributed by atoms with Crippen LogP contribution in [0.15, 0.2) is 18.2 Å². The lowest BCUT2D eigenvalue weighted by molar-refractivity contribution is 0.786. The number of nitrogens with one attached hydrogen (secondary N) is 1. The smallest absolute Gasteiger partial charge is 0.0671 e. The number of rotatable bonds is 3. The van der Waals surface area contributed by atoms with Crippen LogP contribution in [0.5, 0.6) is 0 Å². The zero-order valence-electron chi connectivity index (χ0n) is 8.34. The Balaban J connectivity index is 2.61. The van der Waals surface area contributed by atoms with Crippen LogP contribution in [-0.4, -0.2) is 6.54 Å². The van der Waals surface area contributed by atoms with Crippen molar-refractivity contribution in [3.05, 3.63) is 28.8 Å². The summed E-state index contributed by atoms with van der Waals surface area (Å²) in [4.78, 5) is 0. The van der Waals surface area contributed by atoms with E-state index in [4.69, 9.17) is 16.9 Å². The largest absolute Gasteiger partial charge is 0.384 e. The average molecular weight is 209 g/mol. The second-order valence-corrected chi connectivity index (χ2v) is 3.78. The standard InChI is InChI=1S/C11H13ClN2/c1-8(6-13)7-14-10-4-3-9(2)11(12)5-10/h3-5,8,14H,7H2,1-2H3. The van der Waals surface area contributed by atoms with Crippen molar-refractivity contribution in [1.82, 2.24) is 0 Å². The Morgan fingerprint density at radius 2 is 2.29 bits per heavy atom. The van der Waals surface area contributed by atoms with E-state index in [9.17, 15) is 0 Å². The minimum absolute atomic E-state index is 0.00933. The van der Waals surface area contributed by atoms with Gasteiger partial charge in [-0.15, -0.1) is 0 Å². The van der Waals surface area contributed by atoms with Crippen LogP contribution in [0.25, 0.3) is 0 Å². The molecule has 74 valence electrons. The molecule has 0 aliphatic carbocycles. The van der Waals surface area contributed by atoms with Gasteiger partial charge < -0.3 is 5.32 Å². The first-order chi connectivity index (χ1) is 6.63. The fraction of sp³-hybridized carbons (Fsp3) is 0.364. The van der Waals surface area contributed by atoms with Crippen molar-refractivity contribution in [1.29, 1.82) is 5.26 Å². The van der Waals surface area contributed by atoms with Crippen LogP contribution in [0, 0.1) is 24.2 Å². The number of nitriles is 1. The van der Waals surface area contributed by atoms with E-state index in [0.717, 1.165) is 16.3 Å². The SMILES string of the molecule is Cc1ccc(NCC(C)C#N)cc1Cl. The third-order valence-corrected chi connectivity index (χ3v) is 2.41. The molecule has 0 radical (unpaired) electrons. The zero-order valence-corrected chi connectivity index (χ0v) is 9.10. The molecule has 0 amide bonds. The molecule has 0 aromatic heterocycles. The minimum atomic E-state index is 0.00933. The van der Waals surface area contributed by atoms with Crippen LogP contribution in [0.1, 0.15) is 12.5 Å². The summed E-state index contributed by atoms with van der Waals surface area (Å²) in [5.74, 6) is 0.00933. The maximum absolute atomic E-state index is 8.60. The van der Waals surface area contributed by atoms with Crippen LogP contribution >= 0.6 is 11.6 Å². The number of hydrogen-bond donors (Lipinski definition) is 1. The average Bonchev–Trinajstić information content (AvgIpc) is 2.19. The quantitative estimate of drug-likeness (QED) is 0.828. The van der Waals surface area contributed by atoms with Gasteiger partial charge >= 0.3 is 0 Å². The first kappa shape index (κ1) is 10.9. The molecule has 0 bridgehead atoms. The lowest BCUT2D eigenvalue weighted by Crippen LogP contribution is -2.09. The van der Waals surface area contributed by atoms with Crippen LogP contribution < -0.4 is 5.32 Å². The number of anilines is 1. The second-order valence-electron chi connectivity index (χ2n) is 3.38. The Labute approximate surface area is 89.5 Å². The van der Waals surface area contributed by atoms with E-state index in [1.54, 1.807) is 0 Å². The molecule has 1 unspecified atom stereocenters. The summed E-state index contributed by atoms with van der Waals surface area (Å²) in [6, 6.07) is 7.97. The topological polar surface area (TPSA) is 35.8 Å². The maximum atomic E-state index is 8.60. The summed E-state index contributed by atoms with van der Waals surface area (Å²) >= 11 is 5.96. The number of hydrogen-bond acceptors (Lipinski definition) is 2. The molecule has 2 nitrogen and oxygen atoms in total. The first-order valence-electron chi connectivity index (χ1n) is 4.53. The van der Waals surface area contributed by atoms with Crippen LogP contribution in [0.4, 0.5) is 5.69 Å². The molecule has 1 rings (SSSR count). The molecule has 0 saturated carbocycles. The highest BCUT2D eigenvalue weighted by Crippen LogP contribution is 2.19. The molecule has 3 heteroatoms. The summed E-state index contributed by atoms with van der Waals surface area (Å²) in [6.07, 6.45) is 0. The van der Waals surface area contributed by atoms with Crippen molar-refractivity contribution >= 4 is 17.3 Å². The summed E-state index contributed by atoms with van der Waals surface area (Å²) in [6.45, 7) is 4.49. The Morgan fingerprint density at radius 3 is 2.86 bits per heavy atom. The summed E-state index contributed by atoms with van der Waals surface area (Å²) in [5.41, 5.74) is 2.02. The maximum Gasteiger partial charge on any atom is 0.0671 e. The molecular formula is C11H13ClN2. The number of benzene rings is 1. The zero-order chi connectivity index (χ0) is 10.6. The molecular weight excluding hydrogens is 196 g/mol. The lowest BCUT2D eigenvalue weighted by Gasteiger charge is -2.08. The third kappa shape index (κ3) is 2.93. The second kappa shape index (κ2) is 4.88. The van der Waals surface area contributed by atoms with Crippen molar-refractivity contribution in [2.24, 2.45) is 5.92 Å². The molecule has 0 aliphatic heterocycles. The van der Waals surface area contributed by atoms with Crippen LogP contribution in [-0.2, 0) is 0 Å².